The highest BCUT2D eigenvalue weighted by molar-refractivity contribution is 5.89. The van der Waals surface area contributed by atoms with Crippen LogP contribution in [0.2, 0.25) is 0 Å². The second-order valence-corrected chi connectivity index (χ2v) is 5.75. The van der Waals surface area contributed by atoms with Crippen LogP contribution < -0.4 is 5.32 Å². The lowest BCUT2D eigenvalue weighted by Gasteiger charge is -2.16. The molecule has 6 nitrogen and oxygen atoms in total. The normalized spacial score (nSPS) is 17.5. The summed E-state index contributed by atoms with van der Waals surface area (Å²) >= 11 is 0. The van der Waals surface area contributed by atoms with E-state index >= 15 is 0 Å². The van der Waals surface area contributed by atoms with Crippen molar-refractivity contribution in [3.63, 3.8) is 0 Å². The summed E-state index contributed by atoms with van der Waals surface area (Å²) in [6.07, 6.45) is 7.66. The number of likely N-dealkylation sites (tertiary alicyclic amines) is 1. The molecule has 1 aliphatic heterocycles. The van der Waals surface area contributed by atoms with Gasteiger partial charge in [-0.25, -0.2) is 0 Å². The van der Waals surface area contributed by atoms with Gasteiger partial charge in [0.05, 0.1) is 5.92 Å². The summed E-state index contributed by atoms with van der Waals surface area (Å²) in [4.78, 5) is 30.1. The number of amides is 2. The first kappa shape index (κ1) is 15.3. The van der Waals surface area contributed by atoms with Crippen molar-refractivity contribution < 1.29 is 9.59 Å². The molecule has 120 valence electrons. The average molecular weight is 312 g/mol. The molecule has 1 saturated heterocycles. The van der Waals surface area contributed by atoms with Crippen LogP contribution in [0.3, 0.4) is 0 Å². The first-order valence-corrected chi connectivity index (χ1v) is 7.77. The van der Waals surface area contributed by atoms with Gasteiger partial charge < -0.3 is 14.8 Å². The van der Waals surface area contributed by atoms with Gasteiger partial charge in [0.25, 0.3) is 0 Å². The van der Waals surface area contributed by atoms with E-state index in [0.29, 0.717) is 19.6 Å². The second-order valence-electron chi connectivity index (χ2n) is 5.75. The molecule has 2 aromatic heterocycles. The number of nitrogens with one attached hydrogen (secondary N) is 1. The molecule has 6 heteroatoms. The van der Waals surface area contributed by atoms with Crippen LogP contribution in [-0.2, 0) is 22.7 Å². The van der Waals surface area contributed by atoms with Crippen molar-refractivity contribution in [1.29, 1.82) is 0 Å². The van der Waals surface area contributed by atoms with E-state index in [0.717, 1.165) is 12.1 Å². The maximum absolute atomic E-state index is 12.2. The predicted molar refractivity (Wildman–Crippen MR) is 85.2 cm³/mol. The molecule has 0 saturated carbocycles. The van der Waals surface area contributed by atoms with Gasteiger partial charge in [-0.2, -0.15) is 0 Å². The largest absolute Gasteiger partial charge is 0.354 e. The number of nitrogens with zero attached hydrogens (tertiary/aromatic N) is 3. The van der Waals surface area contributed by atoms with Gasteiger partial charge in [-0.3, -0.25) is 14.6 Å². The molecule has 0 radical (unpaired) electrons. The van der Waals surface area contributed by atoms with Gasteiger partial charge in [-0.15, -0.1) is 0 Å². The maximum Gasteiger partial charge on any atom is 0.225 e. The van der Waals surface area contributed by atoms with Crippen LogP contribution in [0.1, 0.15) is 12.0 Å². The summed E-state index contributed by atoms with van der Waals surface area (Å²) in [7, 11) is 0. The molecular formula is C17H20N4O2. The molecule has 0 spiro atoms. The summed E-state index contributed by atoms with van der Waals surface area (Å²) in [6, 6.07) is 7.69. The monoisotopic (exact) mass is 312 g/mol. The van der Waals surface area contributed by atoms with Crippen LogP contribution >= 0.6 is 0 Å². The van der Waals surface area contributed by atoms with Gasteiger partial charge in [-0.1, -0.05) is 6.07 Å². The van der Waals surface area contributed by atoms with Crippen LogP contribution in [0.15, 0.2) is 49.1 Å². The van der Waals surface area contributed by atoms with Crippen molar-refractivity contribution in [3.8, 4) is 0 Å². The van der Waals surface area contributed by atoms with E-state index in [1.54, 1.807) is 17.3 Å². The number of aromatic nitrogens is 2. The highest BCUT2D eigenvalue weighted by Crippen LogP contribution is 2.20. The molecule has 1 N–H and O–H groups in total. The fourth-order valence-electron chi connectivity index (χ4n) is 2.78. The minimum Gasteiger partial charge on any atom is -0.354 e. The van der Waals surface area contributed by atoms with Crippen LogP contribution in [0.5, 0.6) is 0 Å². The Bertz CT molecular complexity index is 654. The molecule has 1 fully saturated rings. The molecule has 1 unspecified atom stereocenters. The van der Waals surface area contributed by atoms with Crippen molar-refractivity contribution in [2.45, 2.75) is 19.5 Å². The summed E-state index contributed by atoms with van der Waals surface area (Å²) in [5.41, 5.74) is 0.981. The van der Waals surface area contributed by atoms with Crippen LogP contribution in [-0.4, -0.2) is 39.4 Å². The van der Waals surface area contributed by atoms with Gasteiger partial charge in [-0.05, 0) is 23.8 Å². The van der Waals surface area contributed by atoms with E-state index in [9.17, 15) is 9.59 Å². The zero-order chi connectivity index (χ0) is 16.1. The Morgan fingerprint density at radius 1 is 1.30 bits per heavy atom. The number of rotatable bonds is 6. The smallest absolute Gasteiger partial charge is 0.225 e. The number of pyridine rings is 1. The second kappa shape index (κ2) is 7.09. The Balaban J connectivity index is 1.47. The summed E-state index contributed by atoms with van der Waals surface area (Å²) in [5.74, 6) is -0.276. The molecule has 1 aliphatic rings. The summed E-state index contributed by atoms with van der Waals surface area (Å²) in [6.45, 7) is 2.29. The Labute approximate surface area is 135 Å². The standard InChI is InChI=1S/C17H20N4O2/c22-16-10-15(13-21(16)12-14-4-3-5-18-11-14)17(23)19-6-9-20-7-1-2-8-20/h1-5,7-8,11,15H,6,9-10,12-13H2,(H,19,23). The fraction of sp³-hybridized carbons (Fsp3) is 0.353. The predicted octanol–water partition coefficient (Wildman–Crippen LogP) is 1.05. The highest BCUT2D eigenvalue weighted by Gasteiger charge is 2.33. The summed E-state index contributed by atoms with van der Waals surface area (Å²) in [5, 5.41) is 2.92. The van der Waals surface area contributed by atoms with E-state index in [-0.39, 0.29) is 24.2 Å². The Kier molecular flexibility index (Phi) is 4.71. The molecular weight excluding hydrogens is 292 g/mol. The van der Waals surface area contributed by atoms with Gasteiger partial charge in [0, 0.05) is 57.4 Å². The van der Waals surface area contributed by atoms with Gasteiger partial charge in [0.2, 0.25) is 11.8 Å². The lowest BCUT2D eigenvalue weighted by molar-refractivity contribution is -0.129. The van der Waals surface area contributed by atoms with Crippen molar-refractivity contribution in [1.82, 2.24) is 19.8 Å². The van der Waals surface area contributed by atoms with Crippen molar-refractivity contribution >= 4 is 11.8 Å². The first-order valence-electron chi connectivity index (χ1n) is 7.77. The quantitative estimate of drug-likeness (QED) is 0.867. The van der Waals surface area contributed by atoms with Gasteiger partial charge >= 0.3 is 0 Å². The van der Waals surface area contributed by atoms with Crippen molar-refractivity contribution in [2.24, 2.45) is 5.92 Å². The molecule has 3 heterocycles. The lowest BCUT2D eigenvalue weighted by Crippen LogP contribution is -2.34. The van der Waals surface area contributed by atoms with Crippen LogP contribution in [0, 0.1) is 5.92 Å². The van der Waals surface area contributed by atoms with E-state index in [1.807, 2.05) is 41.2 Å². The maximum atomic E-state index is 12.2. The molecule has 2 aromatic rings. The molecule has 1 atom stereocenters. The van der Waals surface area contributed by atoms with Gasteiger partial charge in [0.15, 0.2) is 0 Å². The van der Waals surface area contributed by atoms with Crippen molar-refractivity contribution in [3.05, 3.63) is 54.6 Å². The molecule has 23 heavy (non-hydrogen) atoms. The topological polar surface area (TPSA) is 67.2 Å². The number of hydrogen-bond donors (Lipinski definition) is 1. The third kappa shape index (κ3) is 3.97. The van der Waals surface area contributed by atoms with E-state index in [1.165, 1.54) is 0 Å². The molecule has 0 aliphatic carbocycles. The van der Waals surface area contributed by atoms with Gasteiger partial charge in [0.1, 0.15) is 0 Å². The Hall–Kier alpha value is -2.63. The minimum atomic E-state index is -0.260. The molecule has 2 amide bonds. The zero-order valence-electron chi connectivity index (χ0n) is 12.9. The Morgan fingerprint density at radius 3 is 2.87 bits per heavy atom. The first-order chi connectivity index (χ1) is 11.2. The number of hydrogen-bond acceptors (Lipinski definition) is 3. The van der Waals surface area contributed by atoms with Crippen LogP contribution in [0.25, 0.3) is 0 Å². The number of carbonyl (C=O) groups excluding carboxylic acids is 2. The third-order valence-electron chi connectivity index (χ3n) is 4.02. The van der Waals surface area contributed by atoms with Crippen LogP contribution in [0.4, 0.5) is 0 Å². The van der Waals surface area contributed by atoms with E-state index < -0.39 is 0 Å². The fourth-order valence-corrected chi connectivity index (χ4v) is 2.78. The van der Waals surface area contributed by atoms with E-state index in [4.69, 9.17) is 0 Å². The Morgan fingerprint density at radius 2 is 2.13 bits per heavy atom. The highest BCUT2D eigenvalue weighted by atomic mass is 16.2. The third-order valence-corrected chi connectivity index (χ3v) is 4.02. The lowest BCUT2D eigenvalue weighted by atomic mass is 10.1. The summed E-state index contributed by atoms with van der Waals surface area (Å²) < 4.78 is 2.01. The van der Waals surface area contributed by atoms with Crippen molar-refractivity contribution in [2.75, 3.05) is 13.1 Å². The van der Waals surface area contributed by atoms with E-state index in [2.05, 4.69) is 10.3 Å². The number of carbonyl (C=O) groups is 2. The molecule has 0 aromatic carbocycles. The molecule has 3 rings (SSSR count). The average Bonchev–Trinajstić information content (AvgIpc) is 3.19. The minimum absolute atomic E-state index is 0.0272. The molecule has 0 bridgehead atoms. The zero-order valence-corrected chi connectivity index (χ0v) is 12.9. The SMILES string of the molecule is O=C(NCCn1cccc1)C1CC(=O)N(Cc2cccnc2)C1.